The molecule has 2 aliphatic carbocycles. The molecule has 0 aromatic heterocycles. The van der Waals surface area contributed by atoms with Crippen LogP contribution in [0.2, 0.25) is 0 Å². The summed E-state index contributed by atoms with van der Waals surface area (Å²) in [6, 6.07) is 0. The number of hydrogen-bond donors (Lipinski definition) is 0. The minimum absolute atomic E-state index is 0.646. The fourth-order valence-corrected chi connectivity index (χ4v) is 2.18. The quantitative estimate of drug-likeness (QED) is 0.446. The zero-order valence-corrected chi connectivity index (χ0v) is 5.39. The minimum atomic E-state index is 0.646. The molecule has 0 aromatic carbocycles. The van der Waals surface area contributed by atoms with Gasteiger partial charge in [0, 0.05) is 5.57 Å². The van der Waals surface area contributed by atoms with Crippen LogP contribution < -0.4 is 0 Å². The van der Waals surface area contributed by atoms with Crippen molar-refractivity contribution < 1.29 is 4.79 Å². The molecule has 0 heterocycles. The largest absolute Gasteiger partial charge is 0.234 e. The van der Waals surface area contributed by atoms with Crippen molar-refractivity contribution in [3.05, 3.63) is 5.57 Å². The molecule has 1 nitrogen and oxygen atoms in total. The van der Waals surface area contributed by atoms with Crippen molar-refractivity contribution in [2.75, 3.05) is 0 Å². The highest BCUT2D eigenvalue weighted by Gasteiger charge is 2.35. The molecule has 2 rings (SSSR count). The molecule has 2 bridgehead atoms. The van der Waals surface area contributed by atoms with E-state index in [2.05, 4.69) is 5.94 Å². The van der Waals surface area contributed by atoms with Crippen LogP contribution in [0.25, 0.3) is 0 Å². The van der Waals surface area contributed by atoms with Crippen LogP contribution in [0.1, 0.15) is 25.7 Å². The number of allylic oxidation sites excluding steroid dienone is 1. The Kier molecular flexibility index (Phi) is 1.000. The summed E-state index contributed by atoms with van der Waals surface area (Å²) in [6.45, 7) is 0. The summed E-state index contributed by atoms with van der Waals surface area (Å²) < 4.78 is 0. The summed E-state index contributed by atoms with van der Waals surface area (Å²) >= 11 is 0. The summed E-state index contributed by atoms with van der Waals surface area (Å²) in [6.07, 6.45) is 4.96. The number of carbonyl (C=O) groups excluding carboxylic acids is 1. The van der Waals surface area contributed by atoms with Crippen molar-refractivity contribution in [3.8, 4) is 0 Å². The molecular weight excluding hydrogens is 112 g/mol. The summed E-state index contributed by atoms with van der Waals surface area (Å²) in [4.78, 5) is 10.2. The van der Waals surface area contributed by atoms with Gasteiger partial charge in [0.05, 0.1) is 0 Å². The standard InChI is InChI=1S/C8H10O/c9-5-8-4-6-1-2-7(8)3-6/h6-7H,1-4H2. The lowest BCUT2D eigenvalue weighted by atomic mass is 9.96. The van der Waals surface area contributed by atoms with Crippen LogP contribution in [0.4, 0.5) is 0 Å². The molecule has 0 amide bonds. The van der Waals surface area contributed by atoms with Gasteiger partial charge in [-0.3, -0.25) is 0 Å². The molecule has 0 saturated heterocycles. The van der Waals surface area contributed by atoms with Crippen LogP contribution in [-0.2, 0) is 4.79 Å². The monoisotopic (exact) mass is 122 g/mol. The van der Waals surface area contributed by atoms with E-state index in [-0.39, 0.29) is 0 Å². The summed E-state index contributed by atoms with van der Waals surface area (Å²) in [5.41, 5.74) is 1.08. The van der Waals surface area contributed by atoms with E-state index in [0.717, 1.165) is 17.9 Å². The molecule has 2 saturated carbocycles. The molecule has 2 atom stereocenters. The van der Waals surface area contributed by atoms with E-state index in [9.17, 15) is 4.79 Å². The Hall–Kier alpha value is -0.550. The van der Waals surface area contributed by atoms with E-state index in [0.29, 0.717) is 5.92 Å². The lowest BCUT2D eigenvalue weighted by Crippen LogP contribution is -1.97. The summed E-state index contributed by atoms with van der Waals surface area (Å²) in [7, 11) is 0. The van der Waals surface area contributed by atoms with Crippen molar-refractivity contribution in [1.82, 2.24) is 0 Å². The van der Waals surface area contributed by atoms with Crippen molar-refractivity contribution in [2.24, 2.45) is 11.8 Å². The van der Waals surface area contributed by atoms with Crippen molar-refractivity contribution in [1.29, 1.82) is 0 Å². The maximum absolute atomic E-state index is 10.2. The normalized spacial score (nSPS) is 39.3. The van der Waals surface area contributed by atoms with Gasteiger partial charge in [-0.05, 0) is 37.5 Å². The van der Waals surface area contributed by atoms with Gasteiger partial charge in [-0.2, -0.15) is 0 Å². The SMILES string of the molecule is O=C=C1CC2CCC1C2. The van der Waals surface area contributed by atoms with Gasteiger partial charge >= 0.3 is 0 Å². The molecule has 48 valence electrons. The Morgan fingerprint density at radius 1 is 1.44 bits per heavy atom. The van der Waals surface area contributed by atoms with E-state index in [1.807, 2.05) is 0 Å². The first kappa shape index (κ1) is 5.25. The molecule has 0 aromatic rings. The zero-order valence-electron chi connectivity index (χ0n) is 5.39. The number of rotatable bonds is 0. The van der Waals surface area contributed by atoms with Crippen LogP contribution in [-0.4, -0.2) is 5.94 Å². The molecule has 2 fully saturated rings. The van der Waals surface area contributed by atoms with Gasteiger partial charge in [0.25, 0.3) is 0 Å². The van der Waals surface area contributed by atoms with Crippen LogP contribution in [0.5, 0.6) is 0 Å². The van der Waals surface area contributed by atoms with Gasteiger partial charge in [-0.15, -0.1) is 0 Å². The highest BCUT2D eigenvalue weighted by Crippen LogP contribution is 2.46. The zero-order chi connectivity index (χ0) is 6.27. The lowest BCUT2D eigenvalue weighted by Gasteiger charge is -2.07. The van der Waals surface area contributed by atoms with Crippen molar-refractivity contribution in [3.63, 3.8) is 0 Å². The molecule has 0 aliphatic heterocycles. The third-order valence-corrected chi connectivity index (χ3v) is 2.67. The molecule has 0 N–H and O–H groups in total. The first-order chi connectivity index (χ1) is 4.40. The Morgan fingerprint density at radius 2 is 2.33 bits per heavy atom. The Bertz CT molecular complexity index is 177. The second-order valence-corrected chi connectivity index (χ2v) is 3.21. The molecule has 2 aliphatic rings. The second kappa shape index (κ2) is 1.71. The molecule has 1 heteroatoms. The smallest absolute Gasteiger partial charge is 0.123 e. The van der Waals surface area contributed by atoms with Crippen LogP contribution >= 0.6 is 0 Å². The molecule has 0 spiro atoms. The average molecular weight is 122 g/mol. The predicted molar refractivity (Wildman–Crippen MR) is 34.7 cm³/mol. The second-order valence-electron chi connectivity index (χ2n) is 3.21. The maximum Gasteiger partial charge on any atom is 0.123 e. The van der Waals surface area contributed by atoms with Gasteiger partial charge in [-0.25, -0.2) is 4.79 Å². The Balaban J connectivity index is 2.28. The number of hydrogen-bond acceptors (Lipinski definition) is 1. The first-order valence-electron chi connectivity index (χ1n) is 3.64. The van der Waals surface area contributed by atoms with E-state index >= 15 is 0 Å². The number of fused-ring (bicyclic) bond motifs is 2. The van der Waals surface area contributed by atoms with Gasteiger partial charge in [0.2, 0.25) is 0 Å². The lowest BCUT2D eigenvalue weighted by molar-refractivity contribution is 0.542. The van der Waals surface area contributed by atoms with Gasteiger partial charge in [0.15, 0.2) is 0 Å². The maximum atomic E-state index is 10.2. The van der Waals surface area contributed by atoms with E-state index in [4.69, 9.17) is 0 Å². The van der Waals surface area contributed by atoms with Gasteiger partial charge in [-0.1, -0.05) is 0 Å². The van der Waals surface area contributed by atoms with Gasteiger partial charge in [0.1, 0.15) is 5.94 Å². The highest BCUT2D eigenvalue weighted by molar-refractivity contribution is 5.55. The van der Waals surface area contributed by atoms with Crippen molar-refractivity contribution >= 4 is 5.94 Å². The molecule has 9 heavy (non-hydrogen) atoms. The summed E-state index contributed by atoms with van der Waals surface area (Å²) in [5.74, 6) is 3.56. The fourth-order valence-electron chi connectivity index (χ4n) is 2.18. The van der Waals surface area contributed by atoms with Crippen LogP contribution in [0.15, 0.2) is 5.57 Å². The topological polar surface area (TPSA) is 17.1 Å². The van der Waals surface area contributed by atoms with Crippen LogP contribution in [0, 0.1) is 11.8 Å². The third kappa shape index (κ3) is 0.650. The molecular formula is C8H10O. The van der Waals surface area contributed by atoms with E-state index < -0.39 is 0 Å². The van der Waals surface area contributed by atoms with E-state index in [1.165, 1.54) is 19.3 Å². The van der Waals surface area contributed by atoms with Crippen LogP contribution in [0.3, 0.4) is 0 Å². The average Bonchev–Trinajstić information content (AvgIpc) is 2.45. The summed E-state index contributed by atoms with van der Waals surface area (Å²) in [5, 5.41) is 0. The van der Waals surface area contributed by atoms with Gasteiger partial charge < -0.3 is 0 Å². The predicted octanol–water partition coefficient (Wildman–Crippen LogP) is 1.56. The Morgan fingerprint density at radius 3 is 2.67 bits per heavy atom. The highest BCUT2D eigenvalue weighted by atomic mass is 16.1. The molecule has 0 radical (unpaired) electrons. The third-order valence-electron chi connectivity index (χ3n) is 2.67. The molecule has 2 unspecified atom stereocenters. The Labute approximate surface area is 54.8 Å². The fraction of sp³-hybridized carbons (Fsp3) is 0.750. The first-order valence-corrected chi connectivity index (χ1v) is 3.64. The van der Waals surface area contributed by atoms with Crippen molar-refractivity contribution in [2.45, 2.75) is 25.7 Å². The minimum Gasteiger partial charge on any atom is -0.234 e. The van der Waals surface area contributed by atoms with E-state index in [1.54, 1.807) is 0 Å².